The molecule has 0 amide bonds. The number of nitrogens with one attached hydrogen (secondary N) is 1. The number of nitrogens with zero attached hydrogens (tertiary/aromatic N) is 1. The second-order valence-corrected chi connectivity index (χ2v) is 8.40. The minimum atomic E-state index is -0.0269. The van der Waals surface area contributed by atoms with Crippen LogP contribution in [-0.2, 0) is 16.1 Å². The maximum absolute atomic E-state index is 12.5. The smallest absolute Gasteiger partial charge is 0.310 e. The Morgan fingerprint density at radius 3 is 3.16 bits per heavy atom. The Kier molecular flexibility index (Phi) is 4.40. The lowest BCUT2D eigenvalue weighted by Crippen LogP contribution is -2.45. The van der Waals surface area contributed by atoms with Gasteiger partial charge in [0.1, 0.15) is 6.10 Å². The number of carbonyl (C=O) groups is 1. The molecule has 1 aromatic rings. The molecule has 134 valence electrons. The second kappa shape index (κ2) is 6.56. The zero-order valence-corrected chi connectivity index (χ0v) is 15.0. The van der Waals surface area contributed by atoms with Gasteiger partial charge in [-0.15, -0.1) is 0 Å². The first kappa shape index (κ1) is 16.8. The van der Waals surface area contributed by atoms with E-state index in [1.54, 1.807) is 6.20 Å². The van der Waals surface area contributed by atoms with Crippen molar-refractivity contribution in [1.29, 1.82) is 0 Å². The van der Waals surface area contributed by atoms with Crippen molar-refractivity contribution in [2.75, 3.05) is 6.54 Å². The van der Waals surface area contributed by atoms with Gasteiger partial charge in [-0.1, -0.05) is 25.1 Å². The summed E-state index contributed by atoms with van der Waals surface area (Å²) in [4.78, 5) is 16.6. The quantitative estimate of drug-likeness (QED) is 0.673. The van der Waals surface area contributed by atoms with E-state index in [0.717, 1.165) is 31.4 Å². The lowest BCUT2D eigenvalue weighted by molar-refractivity contribution is -0.146. The highest BCUT2D eigenvalue weighted by Crippen LogP contribution is 2.56. The van der Waals surface area contributed by atoms with Crippen molar-refractivity contribution in [3.05, 3.63) is 42.2 Å². The number of ether oxygens (including phenoxy) is 1. The molecule has 2 saturated carbocycles. The molecule has 0 aromatic carbocycles. The molecule has 2 aliphatic carbocycles. The molecule has 1 saturated heterocycles. The second-order valence-electron chi connectivity index (χ2n) is 8.40. The Hall–Kier alpha value is -1.68. The topological polar surface area (TPSA) is 51.2 Å². The van der Waals surface area contributed by atoms with Gasteiger partial charge in [0.05, 0.1) is 5.92 Å². The van der Waals surface area contributed by atoms with Crippen LogP contribution in [0.3, 0.4) is 0 Å². The van der Waals surface area contributed by atoms with E-state index in [1.807, 2.05) is 18.3 Å². The Labute approximate surface area is 150 Å². The monoisotopic (exact) mass is 340 g/mol. The summed E-state index contributed by atoms with van der Waals surface area (Å²) >= 11 is 0. The van der Waals surface area contributed by atoms with Gasteiger partial charge >= 0.3 is 5.97 Å². The standard InChI is InChI=1S/C21H28N2O2/c1-14-5-3-7-21(2)10-19-16(9-18(14)21)17(20(24)25-19)13-23-12-15-6-4-8-22-11-15/h4,6,8,11,16-19,23H,1,3,5,7,9-10,12-13H2,2H3/t16-,17+,18-,19-,21-/m1/s1. The van der Waals surface area contributed by atoms with Gasteiger partial charge < -0.3 is 10.1 Å². The summed E-state index contributed by atoms with van der Waals surface area (Å²) in [5.41, 5.74) is 2.81. The molecule has 4 heteroatoms. The molecular formula is C21H28N2O2. The Balaban J connectivity index is 1.42. The van der Waals surface area contributed by atoms with Crippen LogP contribution in [0.2, 0.25) is 0 Å². The summed E-state index contributed by atoms with van der Waals surface area (Å²) < 4.78 is 5.81. The van der Waals surface area contributed by atoms with E-state index in [2.05, 4.69) is 23.8 Å². The number of hydrogen-bond acceptors (Lipinski definition) is 4. The van der Waals surface area contributed by atoms with Crippen molar-refractivity contribution in [3.63, 3.8) is 0 Å². The Bertz CT molecular complexity index is 659. The van der Waals surface area contributed by atoms with Crippen LogP contribution in [0.5, 0.6) is 0 Å². The van der Waals surface area contributed by atoms with E-state index in [1.165, 1.54) is 18.4 Å². The van der Waals surface area contributed by atoms with Crippen LogP contribution in [0, 0.1) is 23.2 Å². The highest BCUT2D eigenvalue weighted by Gasteiger charge is 2.54. The van der Waals surface area contributed by atoms with Gasteiger partial charge in [0, 0.05) is 31.4 Å². The first-order chi connectivity index (χ1) is 12.1. The zero-order chi connectivity index (χ0) is 17.4. The average molecular weight is 340 g/mol. The molecule has 4 nitrogen and oxygen atoms in total. The molecule has 1 N–H and O–H groups in total. The molecule has 3 aliphatic rings. The van der Waals surface area contributed by atoms with Gasteiger partial charge in [0.2, 0.25) is 0 Å². The molecule has 0 radical (unpaired) electrons. The number of fused-ring (bicyclic) bond motifs is 2. The summed E-state index contributed by atoms with van der Waals surface area (Å²) in [5.74, 6) is 0.849. The van der Waals surface area contributed by atoms with E-state index < -0.39 is 0 Å². The van der Waals surface area contributed by atoms with E-state index in [4.69, 9.17) is 4.74 Å². The van der Waals surface area contributed by atoms with Crippen LogP contribution in [0.4, 0.5) is 0 Å². The Morgan fingerprint density at radius 2 is 2.36 bits per heavy atom. The van der Waals surface area contributed by atoms with Crippen molar-refractivity contribution >= 4 is 5.97 Å². The summed E-state index contributed by atoms with van der Waals surface area (Å²) in [6.45, 7) is 8.15. The molecule has 0 unspecified atom stereocenters. The fourth-order valence-electron chi connectivity index (χ4n) is 5.36. The van der Waals surface area contributed by atoms with Crippen molar-refractivity contribution in [2.45, 2.75) is 51.7 Å². The van der Waals surface area contributed by atoms with Crippen molar-refractivity contribution < 1.29 is 9.53 Å². The molecule has 0 bridgehead atoms. The first-order valence-electron chi connectivity index (χ1n) is 9.54. The summed E-state index contributed by atoms with van der Waals surface area (Å²) in [6, 6.07) is 3.99. The molecule has 25 heavy (non-hydrogen) atoms. The van der Waals surface area contributed by atoms with E-state index in [0.29, 0.717) is 18.4 Å². The third kappa shape index (κ3) is 3.12. The molecule has 1 aliphatic heterocycles. The number of carbonyl (C=O) groups excluding carboxylic acids is 1. The fourth-order valence-corrected chi connectivity index (χ4v) is 5.36. The molecule has 3 fully saturated rings. The van der Waals surface area contributed by atoms with Gasteiger partial charge in [-0.05, 0) is 55.1 Å². The minimum absolute atomic E-state index is 0.0125. The number of esters is 1. The van der Waals surface area contributed by atoms with Gasteiger partial charge in [-0.2, -0.15) is 0 Å². The van der Waals surface area contributed by atoms with Crippen molar-refractivity contribution in [3.8, 4) is 0 Å². The highest BCUT2D eigenvalue weighted by atomic mass is 16.6. The third-order valence-electron chi connectivity index (χ3n) is 6.74. The van der Waals surface area contributed by atoms with Crippen LogP contribution in [-0.4, -0.2) is 23.6 Å². The first-order valence-corrected chi connectivity index (χ1v) is 9.54. The largest absolute Gasteiger partial charge is 0.462 e. The fraction of sp³-hybridized carbons (Fsp3) is 0.619. The van der Waals surface area contributed by atoms with Crippen molar-refractivity contribution in [2.24, 2.45) is 23.2 Å². The predicted molar refractivity (Wildman–Crippen MR) is 96.6 cm³/mol. The summed E-state index contributed by atoms with van der Waals surface area (Å²) in [6.07, 6.45) is 9.42. The summed E-state index contributed by atoms with van der Waals surface area (Å²) in [5, 5.41) is 3.44. The third-order valence-corrected chi connectivity index (χ3v) is 6.74. The van der Waals surface area contributed by atoms with E-state index in [9.17, 15) is 4.79 Å². The minimum Gasteiger partial charge on any atom is -0.462 e. The van der Waals surface area contributed by atoms with Crippen molar-refractivity contribution in [1.82, 2.24) is 10.3 Å². The number of pyridine rings is 1. The van der Waals surface area contributed by atoms with Gasteiger partial charge in [-0.3, -0.25) is 9.78 Å². The maximum Gasteiger partial charge on any atom is 0.310 e. The Morgan fingerprint density at radius 1 is 1.48 bits per heavy atom. The molecule has 4 rings (SSSR count). The summed E-state index contributed by atoms with van der Waals surface area (Å²) in [7, 11) is 0. The zero-order valence-electron chi connectivity index (χ0n) is 15.0. The van der Waals surface area contributed by atoms with E-state index in [-0.39, 0.29) is 23.4 Å². The van der Waals surface area contributed by atoms with Crippen LogP contribution in [0.15, 0.2) is 36.7 Å². The molecule has 5 atom stereocenters. The maximum atomic E-state index is 12.5. The number of hydrogen-bond donors (Lipinski definition) is 1. The number of rotatable bonds is 4. The molecule has 1 aromatic heterocycles. The van der Waals surface area contributed by atoms with Gasteiger partial charge in [-0.25, -0.2) is 0 Å². The molecule has 2 heterocycles. The van der Waals surface area contributed by atoms with Gasteiger partial charge in [0.15, 0.2) is 0 Å². The molecular weight excluding hydrogens is 312 g/mol. The van der Waals surface area contributed by atoms with Crippen LogP contribution in [0.1, 0.15) is 44.6 Å². The SMILES string of the molecule is C=C1CCC[C@]2(C)C[C@H]3OC(=O)[C@@H](CNCc4cccnc4)[C@H]3C[C@H]12. The highest BCUT2D eigenvalue weighted by molar-refractivity contribution is 5.75. The normalized spacial score (nSPS) is 37.3. The van der Waals surface area contributed by atoms with Crippen LogP contribution in [0.25, 0.3) is 0 Å². The number of allylic oxidation sites excluding steroid dienone is 1. The van der Waals surface area contributed by atoms with Crippen LogP contribution < -0.4 is 5.32 Å². The predicted octanol–water partition coefficient (Wildman–Crippen LogP) is 3.49. The van der Waals surface area contributed by atoms with E-state index >= 15 is 0 Å². The molecule has 0 spiro atoms. The van der Waals surface area contributed by atoms with Crippen LogP contribution >= 0.6 is 0 Å². The average Bonchev–Trinajstić information content (AvgIpc) is 2.88. The lowest BCUT2D eigenvalue weighted by atomic mass is 9.55. The number of aromatic nitrogens is 1. The van der Waals surface area contributed by atoms with Gasteiger partial charge in [0.25, 0.3) is 0 Å². The lowest BCUT2D eigenvalue weighted by Gasteiger charge is -2.50.